The Morgan fingerprint density at radius 1 is 1.08 bits per heavy atom. The Bertz CT molecular complexity index is 816. The minimum Gasteiger partial charge on any atom is -0.341 e. The van der Waals surface area contributed by atoms with Crippen LogP contribution in [-0.2, 0) is 0 Å². The summed E-state index contributed by atoms with van der Waals surface area (Å²) in [5.41, 5.74) is 2.21. The van der Waals surface area contributed by atoms with Crippen LogP contribution in [0.25, 0.3) is 5.52 Å². The molecule has 3 aromatic heterocycles. The second-order valence-electron chi connectivity index (χ2n) is 6.04. The summed E-state index contributed by atoms with van der Waals surface area (Å²) >= 11 is 0. The largest absolute Gasteiger partial charge is 0.341 e. The summed E-state index contributed by atoms with van der Waals surface area (Å²) in [6.07, 6.45) is 10.7. The number of rotatable bonds is 3. The van der Waals surface area contributed by atoms with Crippen LogP contribution >= 0.6 is 0 Å². The number of anilines is 2. The standard InChI is InChI=1S/C18H19N5O/c24-17(14-10-16-6-2-5-9-23(16)13-14)21-15-11-19-18(20-12-15)22-7-3-1-4-8-22/h2,5-6,9-13H,1,3-4,7-8H2,(H,21,24). The molecule has 0 spiro atoms. The number of pyridine rings is 1. The maximum atomic E-state index is 12.4. The van der Waals surface area contributed by atoms with E-state index in [0.29, 0.717) is 11.3 Å². The lowest BCUT2D eigenvalue weighted by atomic mass is 10.1. The van der Waals surface area contributed by atoms with Gasteiger partial charge in [-0.05, 0) is 37.5 Å². The molecular formula is C18H19N5O. The molecule has 0 saturated carbocycles. The molecule has 3 aromatic rings. The van der Waals surface area contributed by atoms with Crippen LogP contribution in [0, 0.1) is 0 Å². The van der Waals surface area contributed by atoms with Gasteiger partial charge in [0.2, 0.25) is 5.95 Å². The molecule has 24 heavy (non-hydrogen) atoms. The van der Waals surface area contributed by atoms with Crippen LogP contribution in [0.1, 0.15) is 29.6 Å². The van der Waals surface area contributed by atoms with Crippen LogP contribution < -0.4 is 10.2 Å². The van der Waals surface area contributed by atoms with Gasteiger partial charge in [0.25, 0.3) is 5.91 Å². The fraction of sp³-hybridized carbons (Fsp3) is 0.278. The SMILES string of the molecule is O=C(Nc1cnc(N2CCCCC2)nc1)c1cc2ccccn2c1. The van der Waals surface area contributed by atoms with Gasteiger partial charge in [-0.15, -0.1) is 0 Å². The molecule has 0 unspecified atom stereocenters. The molecule has 122 valence electrons. The van der Waals surface area contributed by atoms with E-state index in [1.807, 2.05) is 41.1 Å². The zero-order chi connectivity index (χ0) is 16.4. The Hall–Kier alpha value is -2.89. The summed E-state index contributed by atoms with van der Waals surface area (Å²) in [5, 5.41) is 2.85. The maximum Gasteiger partial charge on any atom is 0.257 e. The van der Waals surface area contributed by atoms with Crippen molar-refractivity contribution in [2.75, 3.05) is 23.3 Å². The van der Waals surface area contributed by atoms with Crippen molar-refractivity contribution in [2.24, 2.45) is 0 Å². The molecule has 1 N–H and O–H groups in total. The molecule has 1 saturated heterocycles. The molecule has 0 bridgehead atoms. The average Bonchev–Trinajstić information content (AvgIpc) is 3.07. The molecule has 1 fully saturated rings. The Labute approximate surface area is 140 Å². The van der Waals surface area contributed by atoms with E-state index in [2.05, 4.69) is 20.2 Å². The van der Waals surface area contributed by atoms with Gasteiger partial charge in [-0.1, -0.05) is 6.07 Å². The van der Waals surface area contributed by atoms with Crippen molar-refractivity contribution in [3.63, 3.8) is 0 Å². The van der Waals surface area contributed by atoms with Crippen molar-refractivity contribution in [1.29, 1.82) is 0 Å². The summed E-state index contributed by atoms with van der Waals surface area (Å²) < 4.78 is 1.92. The number of fused-ring (bicyclic) bond motifs is 1. The third kappa shape index (κ3) is 2.95. The quantitative estimate of drug-likeness (QED) is 0.805. The van der Waals surface area contributed by atoms with Crippen LogP contribution in [0.5, 0.6) is 0 Å². The molecule has 1 aliphatic rings. The second kappa shape index (κ2) is 6.31. The van der Waals surface area contributed by atoms with Gasteiger partial charge in [-0.3, -0.25) is 4.79 Å². The van der Waals surface area contributed by atoms with Gasteiger partial charge in [0.1, 0.15) is 0 Å². The summed E-state index contributed by atoms with van der Waals surface area (Å²) in [7, 11) is 0. The zero-order valence-corrected chi connectivity index (χ0v) is 13.4. The molecule has 4 rings (SSSR count). The molecule has 0 radical (unpaired) electrons. The lowest BCUT2D eigenvalue weighted by molar-refractivity contribution is 0.102. The number of nitrogens with one attached hydrogen (secondary N) is 1. The summed E-state index contributed by atoms with van der Waals surface area (Å²) in [6.45, 7) is 2.01. The van der Waals surface area contributed by atoms with Gasteiger partial charge < -0.3 is 14.6 Å². The molecular weight excluding hydrogens is 302 g/mol. The van der Waals surface area contributed by atoms with Gasteiger partial charge in [0.05, 0.1) is 23.6 Å². The third-order valence-corrected chi connectivity index (χ3v) is 4.30. The van der Waals surface area contributed by atoms with Crippen LogP contribution in [0.3, 0.4) is 0 Å². The van der Waals surface area contributed by atoms with Crippen LogP contribution in [0.4, 0.5) is 11.6 Å². The molecule has 6 heteroatoms. The fourth-order valence-corrected chi connectivity index (χ4v) is 3.03. The first-order chi connectivity index (χ1) is 11.8. The van der Waals surface area contributed by atoms with E-state index in [0.717, 1.165) is 24.6 Å². The summed E-state index contributed by atoms with van der Waals surface area (Å²) in [4.78, 5) is 23.3. The van der Waals surface area contributed by atoms with Gasteiger partial charge in [0, 0.05) is 31.0 Å². The number of amides is 1. The Morgan fingerprint density at radius 3 is 2.62 bits per heavy atom. The second-order valence-corrected chi connectivity index (χ2v) is 6.04. The molecule has 4 heterocycles. The Balaban J connectivity index is 1.47. The fourth-order valence-electron chi connectivity index (χ4n) is 3.03. The predicted molar refractivity (Wildman–Crippen MR) is 93.4 cm³/mol. The Morgan fingerprint density at radius 2 is 1.88 bits per heavy atom. The predicted octanol–water partition coefficient (Wildman–Crippen LogP) is 2.97. The monoisotopic (exact) mass is 321 g/mol. The van der Waals surface area contributed by atoms with Crippen molar-refractivity contribution in [1.82, 2.24) is 14.4 Å². The van der Waals surface area contributed by atoms with Crippen molar-refractivity contribution < 1.29 is 4.79 Å². The number of nitrogens with zero attached hydrogens (tertiary/aromatic N) is 4. The highest BCUT2D eigenvalue weighted by Gasteiger charge is 2.14. The first-order valence-electron chi connectivity index (χ1n) is 8.25. The van der Waals surface area contributed by atoms with Gasteiger partial charge in [-0.2, -0.15) is 0 Å². The summed E-state index contributed by atoms with van der Waals surface area (Å²) in [6, 6.07) is 7.71. The minimum atomic E-state index is -0.159. The first kappa shape index (κ1) is 14.7. The van der Waals surface area contributed by atoms with E-state index < -0.39 is 0 Å². The van der Waals surface area contributed by atoms with E-state index in [1.165, 1.54) is 19.3 Å². The molecule has 1 amide bonds. The molecule has 0 atom stereocenters. The number of carbonyl (C=O) groups is 1. The van der Waals surface area contributed by atoms with Crippen molar-refractivity contribution in [3.05, 3.63) is 54.6 Å². The maximum absolute atomic E-state index is 12.4. The van der Waals surface area contributed by atoms with Gasteiger partial charge in [0.15, 0.2) is 0 Å². The van der Waals surface area contributed by atoms with Gasteiger partial charge >= 0.3 is 0 Å². The number of hydrogen-bond donors (Lipinski definition) is 1. The topological polar surface area (TPSA) is 62.5 Å². The average molecular weight is 321 g/mol. The van der Waals surface area contributed by atoms with Crippen molar-refractivity contribution >= 4 is 23.1 Å². The lowest BCUT2D eigenvalue weighted by Crippen LogP contribution is -2.30. The van der Waals surface area contributed by atoms with E-state index in [-0.39, 0.29) is 5.91 Å². The zero-order valence-electron chi connectivity index (χ0n) is 13.4. The van der Waals surface area contributed by atoms with E-state index in [9.17, 15) is 4.79 Å². The highest BCUT2D eigenvalue weighted by Crippen LogP contribution is 2.17. The molecule has 6 nitrogen and oxygen atoms in total. The summed E-state index contributed by atoms with van der Waals surface area (Å²) in [5.74, 6) is 0.579. The minimum absolute atomic E-state index is 0.159. The number of carbonyl (C=O) groups excluding carboxylic acids is 1. The molecule has 0 aromatic carbocycles. The number of aromatic nitrogens is 3. The Kier molecular flexibility index (Phi) is 3.86. The van der Waals surface area contributed by atoms with Crippen molar-refractivity contribution in [2.45, 2.75) is 19.3 Å². The smallest absolute Gasteiger partial charge is 0.257 e. The highest BCUT2D eigenvalue weighted by molar-refractivity contribution is 6.05. The van der Waals surface area contributed by atoms with Crippen LogP contribution in [-0.4, -0.2) is 33.4 Å². The van der Waals surface area contributed by atoms with Crippen LogP contribution in [0.2, 0.25) is 0 Å². The van der Waals surface area contributed by atoms with Crippen LogP contribution in [0.15, 0.2) is 49.1 Å². The highest BCUT2D eigenvalue weighted by atomic mass is 16.1. The number of hydrogen-bond acceptors (Lipinski definition) is 4. The van der Waals surface area contributed by atoms with Crippen molar-refractivity contribution in [3.8, 4) is 0 Å². The van der Waals surface area contributed by atoms with E-state index in [1.54, 1.807) is 12.4 Å². The third-order valence-electron chi connectivity index (χ3n) is 4.30. The van der Waals surface area contributed by atoms with E-state index >= 15 is 0 Å². The first-order valence-corrected chi connectivity index (χ1v) is 8.25. The lowest BCUT2D eigenvalue weighted by Gasteiger charge is -2.26. The number of piperidine rings is 1. The van der Waals surface area contributed by atoms with E-state index in [4.69, 9.17) is 0 Å². The van der Waals surface area contributed by atoms with Gasteiger partial charge in [-0.25, -0.2) is 9.97 Å². The molecule has 0 aliphatic carbocycles. The normalized spacial score (nSPS) is 14.8. The molecule has 1 aliphatic heterocycles.